The van der Waals surface area contributed by atoms with Gasteiger partial charge in [-0.05, 0) is 54.8 Å². The molecule has 0 unspecified atom stereocenters. The van der Waals surface area contributed by atoms with Crippen molar-refractivity contribution < 1.29 is 4.79 Å². The summed E-state index contributed by atoms with van der Waals surface area (Å²) in [5.74, 6) is -0.0664. The molecule has 104 valence electrons. The maximum atomic E-state index is 12.1. The van der Waals surface area contributed by atoms with E-state index < -0.39 is 0 Å². The Balaban J connectivity index is 2.13. The predicted octanol–water partition coefficient (Wildman–Crippen LogP) is 3.72. The molecule has 2 aromatic carbocycles. The molecule has 4 heteroatoms. The molecule has 0 saturated carbocycles. The van der Waals surface area contributed by atoms with E-state index in [-0.39, 0.29) is 5.91 Å². The van der Waals surface area contributed by atoms with Crippen molar-refractivity contribution in [3.63, 3.8) is 0 Å². The highest BCUT2D eigenvalue weighted by Crippen LogP contribution is 2.23. The van der Waals surface area contributed by atoms with Crippen molar-refractivity contribution in [2.24, 2.45) is 0 Å². The molecule has 0 fully saturated rings. The van der Waals surface area contributed by atoms with E-state index in [1.54, 1.807) is 12.1 Å². The van der Waals surface area contributed by atoms with Crippen molar-refractivity contribution >= 4 is 28.9 Å². The number of anilines is 2. The van der Waals surface area contributed by atoms with Crippen LogP contribution >= 0.6 is 11.6 Å². The van der Waals surface area contributed by atoms with E-state index in [4.69, 9.17) is 17.3 Å². The summed E-state index contributed by atoms with van der Waals surface area (Å²) in [4.78, 5) is 12.1. The second-order valence-electron chi connectivity index (χ2n) is 4.88. The molecule has 3 N–H and O–H groups in total. The highest BCUT2D eigenvalue weighted by Gasteiger charge is 2.09. The van der Waals surface area contributed by atoms with E-state index in [1.165, 1.54) is 0 Å². The fraction of sp³-hybridized carbons (Fsp3) is 0.188. The second kappa shape index (κ2) is 5.97. The van der Waals surface area contributed by atoms with Gasteiger partial charge in [0.25, 0.3) is 0 Å². The van der Waals surface area contributed by atoms with Gasteiger partial charge in [0, 0.05) is 16.4 Å². The average Bonchev–Trinajstić information content (AvgIpc) is 2.33. The topological polar surface area (TPSA) is 55.1 Å². The van der Waals surface area contributed by atoms with Gasteiger partial charge in [0.15, 0.2) is 0 Å². The van der Waals surface area contributed by atoms with Crippen LogP contribution in [0.1, 0.15) is 16.7 Å². The van der Waals surface area contributed by atoms with Crippen LogP contribution in [-0.4, -0.2) is 5.91 Å². The van der Waals surface area contributed by atoms with Crippen LogP contribution in [-0.2, 0) is 11.2 Å². The molecule has 0 radical (unpaired) electrons. The standard InChI is InChI=1S/C16H17ClN2O/c1-10-6-14(18)7-11(2)16(10)19-15(20)9-12-4-3-5-13(17)8-12/h3-8H,9,18H2,1-2H3,(H,19,20). The Bertz CT molecular complexity index is 630. The third kappa shape index (κ3) is 3.52. The second-order valence-corrected chi connectivity index (χ2v) is 5.32. The van der Waals surface area contributed by atoms with Gasteiger partial charge in [-0.3, -0.25) is 4.79 Å². The molecule has 0 atom stereocenters. The Labute approximate surface area is 123 Å². The summed E-state index contributed by atoms with van der Waals surface area (Å²) < 4.78 is 0. The molecule has 0 aromatic heterocycles. The molecule has 0 heterocycles. The molecule has 0 aliphatic carbocycles. The van der Waals surface area contributed by atoms with Crippen LogP contribution in [0, 0.1) is 13.8 Å². The number of nitrogen functional groups attached to an aromatic ring is 1. The molecule has 0 spiro atoms. The molecule has 2 rings (SSSR count). The molecule has 0 bridgehead atoms. The van der Waals surface area contributed by atoms with Crippen molar-refractivity contribution in [3.05, 3.63) is 58.1 Å². The van der Waals surface area contributed by atoms with Gasteiger partial charge in [-0.15, -0.1) is 0 Å². The van der Waals surface area contributed by atoms with Gasteiger partial charge < -0.3 is 11.1 Å². The van der Waals surface area contributed by atoms with Crippen molar-refractivity contribution in [3.8, 4) is 0 Å². The normalized spacial score (nSPS) is 10.3. The summed E-state index contributed by atoms with van der Waals surface area (Å²) in [6.45, 7) is 3.86. The molecule has 0 saturated heterocycles. The number of hydrogen-bond donors (Lipinski definition) is 2. The van der Waals surface area contributed by atoms with Gasteiger partial charge in [0.1, 0.15) is 0 Å². The van der Waals surface area contributed by atoms with E-state index in [0.717, 1.165) is 22.4 Å². The zero-order valence-corrected chi connectivity index (χ0v) is 12.3. The van der Waals surface area contributed by atoms with Crippen LogP contribution in [0.3, 0.4) is 0 Å². The van der Waals surface area contributed by atoms with Gasteiger partial charge in [0.05, 0.1) is 6.42 Å². The summed E-state index contributed by atoms with van der Waals surface area (Å²) in [5.41, 5.74) is 10.1. The molecule has 0 aliphatic heterocycles. The summed E-state index contributed by atoms with van der Waals surface area (Å²) in [7, 11) is 0. The van der Waals surface area contributed by atoms with Crippen LogP contribution in [0.2, 0.25) is 5.02 Å². The van der Waals surface area contributed by atoms with Crippen LogP contribution in [0.4, 0.5) is 11.4 Å². The van der Waals surface area contributed by atoms with E-state index >= 15 is 0 Å². The van der Waals surface area contributed by atoms with Gasteiger partial charge in [-0.1, -0.05) is 23.7 Å². The minimum absolute atomic E-state index is 0.0664. The monoisotopic (exact) mass is 288 g/mol. The summed E-state index contributed by atoms with van der Waals surface area (Å²) in [6, 6.07) is 11.0. The Kier molecular flexibility index (Phi) is 4.30. The molecule has 3 nitrogen and oxygen atoms in total. The fourth-order valence-electron chi connectivity index (χ4n) is 2.21. The fourth-order valence-corrected chi connectivity index (χ4v) is 2.42. The van der Waals surface area contributed by atoms with Crippen LogP contribution in [0.15, 0.2) is 36.4 Å². The number of nitrogens with one attached hydrogen (secondary N) is 1. The third-order valence-corrected chi connectivity index (χ3v) is 3.31. The van der Waals surface area contributed by atoms with Crippen molar-refractivity contribution in [1.29, 1.82) is 0 Å². The Morgan fingerprint density at radius 2 is 1.85 bits per heavy atom. The predicted molar refractivity (Wildman–Crippen MR) is 84.1 cm³/mol. The van der Waals surface area contributed by atoms with Crippen LogP contribution < -0.4 is 11.1 Å². The number of amides is 1. The first kappa shape index (κ1) is 14.4. The van der Waals surface area contributed by atoms with Crippen molar-refractivity contribution in [2.45, 2.75) is 20.3 Å². The van der Waals surface area contributed by atoms with Gasteiger partial charge in [-0.25, -0.2) is 0 Å². The highest BCUT2D eigenvalue weighted by atomic mass is 35.5. The lowest BCUT2D eigenvalue weighted by Crippen LogP contribution is -2.16. The molecule has 0 aliphatic rings. The molecule has 1 amide bonds. The number of carbonyl (C=O) groups is 1. The van der Waals surface area contributed by atoms with Crippen molar-refractivity contribution in [2.75, 3.05) is 11.1 Å². The maximum Gasteiger partial charge on any atom is 0.228 e. The smallest absolute Gasteiger partial charge is 0.228 e. The SMILES string of the molecule is Cc1cc(N)cc(C)c1NC(=O)Cc1cccc(Cl)c1. The number of benzene rings is 2. The van der Waals surface area contributed by atoms with Gasteiger partial charge >= 0.3 is 0 Å². The van der Waals surface area contributed by atoms with Gasteiger partial charge in [-0.2, -0.15) is 0 Å². The summed E-state index contributed by atoms with van der Waals surface area (Å²) in [6.07, 6.45) is 0.295. The minimum atomic E-state index is -0.0664. The van der Waals surface area contributed by atoms with E-state index in [0.29, 0.717) is 17.1 Å². The summed E-state index contributed by atoms with van der Waals surface area (Å²) in [5, 5.41) is 3.57. The summed E-state index contributed by atoms with van der Waals surface area (Å²) >= 11 is 5.91. The van der Waals surface area contributed by atoms with Crippen molar-refractivity contribution in [1.82, 2.24) is 0 Å². The minimum Gasteiger partial charge on any atom is -0.399 e. The zero-order valence-electron chi connectivity index (χ0n) is 11.5. The Morgan fingerprint density at radius 3 is 2.45 bits per heavy atom. The number of rotatable bonds is 3. The number of halogens is 1. The lowest BCUT2D eigenvalue weighted by Gasteiger charge is -2.12. The maximum absolute atomic E-state index is 12.1. The quantitative estimate of drug-likeness (QED) is 0.846. The van der Waals surface area contributed by atoms with Gasteiger partial charge in [0.2, 0.25) is 5.91 Å². The molecule has 20 heavy (non-hydrogen) atoms. The third-order valence-electron chi connectivity index (χ3n) is 3.07. The number of carbonyl (C=O) groups excluding carboxylic acids is 1. The van der Waals surface area contributed by atoms with E-state index in [9.17, 15) is 4.79 Å². The lowest BCUT2D eigenvalue weighted by atomic mass is 10.1. The number of aryl methyl sites for hydroxylation is 2. The average molecular weight is 289 g/mol. The first-order valence-corrected chi connectivity index (χ1v) is 6.74. The van der Waals surface area contributed by atoms with E-state index in [2.05, 4.69) is 5.32 Å². The lowest BCUT2D eigenvalue weighted by molar-refractivity contribution is -0.115. The van der Waals surface area contributed by atoms with E-state index in [1.807, 2.05) is 38.1 Å². The largest absolute Gasteiger partial charge is 0.399 e. The highest BCUT2D eigenvalue weighted by molar-refractivity contribution is 6.30. The Hall–Kier alpha value is -2.00. The number of hydrogen-bond acceptors (Lipinski definition) is 2. The van der Waals surface area contributed by atoms with Crippen LogP contribution in [0.5, 0.6) is 0 Å². The Morgan fingerprint density at radius 1 is 1.20 bits per heavy atom. The molecular formula is C16H17ClN2O. The first-order chi connectivity index (χ1) is 9.45. The number of nitrogens with two attached hydrogens (primary N) is 1. The van der Waals surface area contributed by atoms with Crippen LogP contribution in [0.25, 0.3) is 0 Å². The molecular weight excluding hydrogens is 272 g/mol. The zero-order chi connectivity index (χ0) is 14.7. The molecule has 2 aromatic rings. The first-order valence-electron chi connectivity index (χ1n) is 6.36.